The summed E-state index contributed by atoms with van der Waals surface area (Å²) in [6.07, 6.45) is -1.43. The molecule has 0 radical (unpaired) electrons. The van der Waals surface area contributed by atoms with Crippen LogP contribution in [-0.2, 0) is 17.5 Å². The Morgan fingerprint density at radius 2 is 1.97 bits per heavy atom. The maximum atomic E-state index is 13.2. The Kier molecular flexibility index (Phi) is 5.12. The summed E-state index contributed by atoms with van der Waals surface area (Å²) < 4.78 is 40.9. The lowest BCUT2D eigenvalue weighted by Gasteiger charge is -2.15. The van der Waals surface area contributed by atoms with Gasteiger partial charge in [-0.25, -0.2) is 4.98 Å². The summed E-state index contributed by atoms with van der Waals surface area (Å²) in [5.41, 5.74) is -0.866. The van der Waals surface area contributed by atoms with Gasteiger partial charge in [-0.2, -0.15) is 13.2 Å². The van der Waals surface area contributed by atoms with E-state index in [0.717, 1.165) is 36.3 Å². The fourth-order valence-electron chi connectivity index (χ4n) is 3.41. The molecule has 5 nitrogen and oxygen atoms in total. The Hall–Kier alpha value is -2.39. The smallest absolute Gasteiger partial charge is 0.341 e. The van der Waals surface area contributed by atoms with Gasteiger partial charge in [0.2, 0.25) is 5.91 Å². The quantitative estimate of drug-likeness (QED) is 0.604. The number of thiophene rings is 1. The highest BCUT2D eigenvalue weighted by molar-refractivity contribution is 7.17. The number of amides is 1. The molecule has 10 heteroatoms. The van der Waals surface area contributed by atoms with Gasteiger partial charge in [0.15, 0.2) is 0 Å². The second-order valence-electron chi connectivity index (χ2n) is 6.79. The number of carbonyl (C=O) groups is 1. The zero-order chi connectivity index (χ0) is 20.8. The third-order valence-electron chi connectivity index (χ3n) is 4.91. The van der Waals surface area contributed by atoms with Crippen molar-refractivity contribution in [3.05, 3.63) is 50.8 Å². The normalized spacial score (nSPS) is 14.7. The summed E-state index contributed by atoms with van der Waals surface area (Å²) in [7, 11) is 0. The lowest BCUT2D eigenvalue weighted by molar-refractivity contribution is -0.137. The van der Waals surface area contributed by atoms with E-state index in [1.807, 2.05) is 0 Å². The van der Waals surface area contributed by atoms with Crippen LogP contribution < -0.4 is 5.56 Å². The Morgan fingerprint density at radius 1 is 1.24 bits per heavy atom. The molecule has 1 aliphatic rings. The molecule has 1 fully saturated rings. The highest BCUT2D eigenvalue weighted by Gasteiger charge is 2.33. The predicted molar refractivity (Wildman–Crippen MR) is 105 cm³/mol. The monoisotopic (exact) mass is 441 g/mol. The first-order chi connectivity index (χ1) is 13.8. The molecule has 3 aromatic rings. The van der Waals surface area contributed by atoms with Crippen molar-refractivity contribution in [2.24, 2.45) is 0 Å². The molecule has 0 saturated carbocycles. The van der Waals surface area contributed by atoms with Gasteiger partial charge in [0, 0.05) is 24.0 Å². The number of rotatable bonds is 3. The number of benzene rings is 1. The largest absolute Gasteiger partial charge is 0.417 e. The Balaban J connectivity index is 1.77. The maximum Gasteiger partial charge on any atom is 0.417 e. The minimum atomic E-state index is -4.61. The van der Waals surface area contributed by atoms with E-state index in [1.165, 1.54) is 17.0 Å². The van der Waals surface area contributed by atoms with Crippen LogP contribution in [0, 0.1) is 0 Å². The van der Waals surface area contributed by atoms with Crippen molar-refractivity contribution in [1.29, 1.82) is 0 Å². The molecule has 0 bridgehead atoms. The molecule has 4 rings (SSSR count). The maximum absolute atomic E-state index is 13.2. The van der Waals surface area contributed by atoms with Crippen LogP contribution in [0.2, 0.25) is 5.02 Å². The van der Waals surface area contributed by atoms with Gasteiger partial charge in [0.1, 0.15) is 11.4 Å². The van der Waals surface area contributed by atoms with E-state index in [4.69, 9.17) is 11.6 Å². The lowest BCUT2D eigenvalue weighted by atomic mass is 10.0. The van der Waals surface area contributed by atoms with E-state index in [-0.39, 0.29) is 23.4 Å². The van der Waals surface area contributed by atoms with E-state index < -0.39 is 22.3 Å². The number of aromatic nitrogens is 2. The third kappa shape index (κ3) is 3.76. The average molecular weight is 442 g/mol. The van der Waals surface area contributed by atoms with Gasteiger partial charge in [-0.05, 0) is 30.5 Å². The number of carbonyl (C=O) groups excluding carboxylic acids is 1. The fourth-order valence-corrected chi connectivity index (χ4v) is 4.55. The number of fused-ring (bicyclic) bond motifs is 1. The van der Waals surface area contributed by atoms with Crippen LogP contribution in [0.3, 0.4) is 0 Å². The van der Waals surface area contributed by atoms with Crippen LogP contribution in [0.25, 0.3) is 21.3 Å². The van der Waals surface area contributed by atoms with Crippen molar-refractivity contribution in [1.82, 2.24) is 14.5 Å². The van der Waals surface area contributed by atoms with Gasteiger partial charge in [-0.15, -0.1) is 11.3 Å². The molecule has 3 heterocycles. The summed E-state index contributed by atoms with van der Waals surface area (Å²) in [4.78, 5) is 31.7. The van der Waals surface area contributed by atoms with E-state index in [0.29, 0.717) is 23.5 Å². The number of hydrogen-bond acceptors (Lipinski definition) is 4. The fraction of sp³-hybridized carbons (Fsp3) is 0.316. The van der Waals surface area contributed by atoms with Crippen LogP contribution in [0.4, 0.5) is 13.2 Å². The molecule has 1 amide bonds. The lowest BCUT2D eigenvalue weighted by Crippen LogP contribution is -2.34. The minimum absolute atomic E-state index is 0.147. The van der Waals surface area contributed by atoms with Gasteiger partial charge in [-0.1, -0.05) is 17.7 Å². The molecule has 1 aromatic carbocycles. The van der Waals surface area contributed by atoms with Crippen molar-refractivity contribution >= 4 is 39.1 Å². The average Bonchev–Trinajstić information content (AvgIpc) is 3.33. The van der Waals surface area contributed by atoms with Gasteiger partial charge in [-0.3, -0.25) is 14.2 Å². The van der Waals surface area contributed by atoms with Crippen molar-refractivity contribution < 1.29 is 18.0 Å². The van der Waals surface area contributed by atoms with Crippen molar-refractivity contribution in [2.45, 2.75) is 25.6 Å². The highest BCUT2D eigenvalue weighted by atomic mass is 35.5. The molecule has 0 spiro atoms. The van der Waals surface area contributed by atoms with Crippen LogP contribution >= 0.6 is 22.9 Å². The first kappa shape index (κ1) is 19.9. The van der Waals surface area contributed by atoms with Crippen LogP contribution in [0.15, 0.2) is 34.7 Å². The third-order valence-corrected chi connectivity index (χ3v) is 6.12. The Labute approximate surface area is 172 Å². The molecule has 29 heavy (non-hydrogen) atoms. The van der Waals surface area contributed by atoms with Crippen LogP contribution in [-0.4, -0.2) is 33.4 Å². The minimum Gasteiger partial charge on any atom is -0.341 e. The van der Waals surface area contributed by atoms with Gasteiger partial charge < -0.3 is 4.90 Å². The van der Waals surface area contributed by atoms with E-state index in [2.05, 4.69) is 4.98 Å². The van der Waals surface area contributed by atoms with Crippen molar-refractivity contribution in [3.63, 3.8) is 0 Å². The number of hydrogen-bond donors (Lipinski definition) is 0. The van der Waals surface area contributed by atoms with Crippen LogP contribution in [0.1, 0.15) is 18.4 Å². The molecule has 2 aromatic heterocycles. The van der Waals surface area contributed by atoms with Crippen LogP contribution in [0.5, 0.6) is 0 Å². The molecular formula is C19H15ClF3N3O2S. The molecular weight excluding hydrogens is 427 g/mol. The second kappa shape index (κ2) is 7.46. The molecule has 152 valence electrons. The molecule has 0 aliphatic carbocycles. The first-order valence-electron chi connectivity index (χ1n) is 8.87. The summed E-state index contributed by atoms with van der Waals surface area (Å²) >= 11 is 6.86. The summed E-state index contributed by atoms with van der Waals surface area (Å²) in [6, 6.07) is 3.52. The van der Waals surface area contributed by atoms with Crippen molar-refractivity contribution in [3.8, 4) is 11.1 Å². The summed E-state index contributed by atoms with van der Waals surface area (Å²) in [5, 5.41) is 1.38. The second-order valence-corrected chi connectivity index (χ2v) is 8.05. The summed E-state index contributed by atoms with van der Waals surface area (Å²) in [6.45, 7) is 1.18. The molecule has 0 atom stereocenters. The molecule has 1 saturated heterocycles. The van der Waals surface area contributed by atoms with Crippen molar-refractivity contribution in [2.75, 3.05) is 13.1 Å². The topological polar surface area (TPSA) is 55.2 Å². The number of alkyl halides is 3. The highest BCUT2D eigenvalue weighted by Crippen LogP contribution is 2.39. The first-order valence-corrected chi connectivity index (χ1v) is 10.1. The van der Waals surface area contributed by atoms with E-state index in [1.54, 1.807) is 10.3 Å². The van der Waals surface area contributed by atoms with E-state index >= 15 is 0 Å². The zero-order valence-corrected chi connectivity index (χ0v) is 16.6. The van der Waals surface area contributed by atoms with Gasteiger partial charge in [0.05, 0.1) is 22.3 Å². The number of halogens is 4. The molecule has 0 unspecified atom stereocenters. The number of likely N-dealkylation sites (tertiary alicyclic amines) is 1. The standard InChI is InChI=1S/C19H15ClF3N3O2S/c20-14-4-3-11(7-13(14)19(21,22)23)12-9-29-17-16(12)18(28)26(10-24-17)8-15(27)25-5-1-2-6-25/h3-4,7,9-10H,1-2,5-6,8H2. The van der Waals surface area contributed by atoms with Gasteiger partial charge >= 0.3 is 6.18 Å². The Morgan fingerprint density at radius 3 is 2.66 bits per heavy atom. The zero-order valence-electron chi connectivity index (χ0n) is 15.0. The summed E-state index contributed by atoms with van der Waals surface area (Å²) in [5.74, 6) is -0.173. The Bertz CT molecular complexity index is 1150. The molecule has 0 N–H and O–H groups in total. The number of nitrogens with zero attached hydrogens (tertiary/aromatic N) is 3. The predicted octanol–water partition coefficient (Wildman–Crippen LogP) is 4.42. The molecule has 1 aliphatic heterocycles. The van der Waals surface area contributed by atoms with E-state index in [9.17, 15) is 22.8 Å². The van der Waals surface area contributed by atoms with Gasteiger partial charge in [0.25, 0.3) is 5.56 Å². The SMILES string of the molecule is O=C(Cn1cnc2scc(-c3ccc(Cl)c(C(F)(F)F)c3)c2c1=O)N1CCCC1.